The highest BCUT2D eigenvalue weighted by atomic mass is 32.2. The molecule has 3 heterocycles. The van der Waals surface area contributed by atoms with Gasteiger partial charge in [0.2, 0.25) is 5.91 Å². The van der Waals surface area contributed by atoms with Gasteiger partial charge in [-0.3, -0.25) is 4.79 Å². The maximum Gasteiger partial charge on any atom is 0.226 e. The Morgan fingerprint density at radius 3 is 3.04 bits per heavy atom. The maximum absolute atomic E-state index is 12.3. The lowest BCUT2D eigenvalue weighted by molar-refractivity contribution is -0.125. The van der Waals surface area contributed by atoms with Crippen LogP contribution in [-0.4, -0.2) is 58.2 Å². The van der Waals surface area contributed by atoms with Gasteiger partial charge in [0, 0.05) is 38.5 Å². The summed E-state index contributed by atoms with van der Waals surface area (Å²) in [4.78, 5) is 19.1. The Morgan fingerprint density at radius 1 is 1.44 bits per heavy atom. The van der Waals surface area contributed by atoms with Gasteiger partial charge in [-0.1, -0.05) is 23.1 Å². The van der Waals surface area contributed by atoms with E-state index in [0.717, 1.165) is 32.0 Å². The summed E-state index contributed by atoms with van der Waals surface area (Å²) in [6.07, 6.45) is 1.67. The smallest absolute Gasteiger partial charge is 0.226 e. The molecule has 0 radical (unpaired) electrons. The number of thiazole rings is 1. The highest BCUT2D eigenvalue weighted by Crippen LogP contribution is 2.34. The predicted octanol–water partition coefficient (Wildman–Crippen LogP) is 1.78. The molecule has 142 valence electrons. The molecule has 27 heavy (non-hydrogen) atoms. The third-order valence-corrected chi connectivity index (χ3v) is 6.54. The van der Waals surface area contributed by atoms with Crippen molar-refractivity contribution in [3.63, 3.8) is 0 Å². The van der Waals surface area contributed by atoms with Crippen LogP contribution in [0.25, 0.3) is 10.2 Å². The van der Waals surface area contributed by atoms with Crippen LogP contribution < -0.4 is 15.0 Å². The highest BCUT2D eigenvalue weighted by Gasteiger charge is 2.34. The molecule has 0 saturated carbocycles. The third-order valence-electron chi connectivity index (χ3n) is 4.41. The number of ether oxygens (including phenoxy) is 1. The molecule has 1 fully saturated rings. The van der Waals surface area contributed by atoms with E-state index < -0.39 is 0 Å². The number of hydrogen-bond donors (Lipinski definition) is 1. The standard InChI is InChI=1S/C17H20N6O2S2/c1-22-10-19-21-17(22)26-6-5-18-15(24)11-8-23(9-11)16-20-13-7-12(25-2)3-4-14(13)27-16/h3-4,7,10-11H,5-6,8-9H2,1-2H3,(H,18,24). The molecular formula is C17H20N6O2S2. The van der Waals surface area contributed by atoms with E-state index in [1.54, 1.807) is 36.5 Å². The number of carbonyl (C=O) groups excluding carboxylic acids is 1. The number of thioether (sulfide) groups is 1. The Labute approximate surface area is 164 Å². The third kappa shape index (κ3) is 3.86. The van der Waals surface area contributed by atoms with Gasteiger partial charge in [0.25, 0.3) is 0 Å². The van der Waals surface area contributed by atoms with Gasteiger partial charge in [0.15, 0.2) is 10.3 Å². The fourth-order valence-corrected chi connectivity index (χ4v) is 4.53. The van der Waals surface area contributed by atoms with Gasteiger partial charge in [-0.15, -0.1) is 10.2 Å². The van der Waals surface area contributed by atoms with Crippen molar-refractivity contribution in [3.05, 3.63) is 24.5 Å². The van der Waals surface area contributed by atoms with Gasteiger partial charge in [-0.05, 0) is 12.1 Å². The topological polar surface area (TPSA) is 85.2 Å². The normalized spacial score (nSPS) is 14.4. The fraction of sp³-hybridized carbons (Fsp3) is 0.412. The van der Waals surface area contributed by atoms with E-state index in [1.807, 2.05) is 29.8 Å². The molecule has 1 N–H and O–H groups in total. The molecule has 1 saturated heterocycles. The van der Waals surface area contributed by atoms with E-state index in [-0.39, 0.29) is 11.8 Å². The van der Waals surface area contributed by atoms with E-state index in [0.29, 0.717) is 19.6 Å². The van der Waals surface area contributed by atoms with E-state index in [1.165, 1.54) is 0 Å². The molecule has 1 aliphatic rings. The average Bonchev–Trinajstić information content (AvgIpc) is 3.22. The van der Waals surface area contributed by atoms with Crippen LogP contribution >= 0.6 is 23.1 Å². The van der Waals surface area contributed by atoms with Crippen LogP contribution in [0, 0.1) is 5.92 Å². The summed E-state index contributed by atoms with van der Waals surface area (Å²) in [5.41, 5.74) is 0.933. The average molecular weight is 405 g/mol. The molecule has 0 aliphatic carbocycles. The lowest BCUT2D eigenvalue weighted by atomic mass is 10.0. The minimum atomic E-state index is 0.0198. The number of nitrogens with one attached hydrogen (secondary N) is 1. The van der Waals surface area contributed by atoms with Crippen LogP contribution in [0.5, 0.6) is 5.75 Å². The Bertz CT molecular complexity index is 950. The first kappa shape index (κ1) is 18.1. The molecule has 1 aliphatic heterocycles. The number of aromatic nitrogens is 4. The van der Waals surface area contributed by atoms with Crippen molar-refractivity contribution >= 4 is 44.4 Å². The second-order valence-electron chi connectivity index (χ2n) is 6.30. The van der Waals surface area contributed by atoms with Crippen molar-refractivity contribution in [1.82, 2.24) is 25.1 Å². The zero-order valence-electron chi connectivity index (χ0n) is 15.1. The summed E-state index contributed by atoms with van der Waals surface area (Å²) in [5, 5.41) is 12.7. The molecule has 2 aromatic heterocycles. The number of hydrogen-bond acceptors (Lipinski definition) is 8. The molecule has 4 rings (SSSR count). The number of rotatable bonds is 7. The van der Waals surface area contributed by atoms with Crippen molar-refractivity contribution < 1.29 is 9.53 Å². The molecule has 10 heteroatoms. The molecule has 0 atom stereocenters. The Balaban J connectivity index is 1.24. The van der Waals surface area contributed by atoms with Gasteiger partial charge in [0.1, 0.15) is 12.1 Å². The zero-order valence-corrected chi connectivity index (χ0v) is 16.7. The molecule has 0 bridgehead atoms. The van der Waals surface area contributed by atoms with Gasteiger partial charge < -0.3 is 19.5 Å². The Kier molecular flexibility index (Phi) is 5.17. The maximum atomic E-state index is 12.3. The van der Waals surface area contributed by atoms with Crippen molar-refractivity contribution in [1.29, 1.82) is 0 Å². The minimum Gasteiger partial charge on any atom is -0.497 e. The largest absolute Gasteiger partial charge is 0.497 e. The number of methoxy groups -OCH3 is 1. The molecular weight excluding hydrogens is 384 g/mol. The van der Waals surface area contributed by atoms with Gasteiger partial charge in [-0.25, -0.2) is 4.98 Å². The second-order valence-corrected chi connectivity index (χ2v) is 8.37. The van der Waals surface area contributed by atoms with Gasteiger partial charge >= 0.3 is 0 Å². The van der Waals surface area contributed by atoms with E-state index in [9.17, 15) is 4.79 Å². The number of aryl methyl sites for hydroxylation is 1. The molecule has 1 aromatic carbocycles. The Hall–Kier alpha value is -2.33. The SMILES string of the molecule is COc1ccc2sc(N3CC(C(=O)NCCSc4nncn4C)C3)nc2c1. The van der Waals surface area contributed by atoms with E-state index in [4.69, 9.17) is 4.74 Å². The number of amides is 1. The van der Waals surface area contributed by atoms with Crippen molar-refractivity contribution in [2.75, 3.05) is 37.4 Å². The number of benzene rings is 1. The highest BCUT2D eigenvalue weighted by molar-refractivity contribution is 7.99. The van der Waals surface area contributed by atoms with Gasteiger partial charge in [-0.2, -0.15) is 0 Å². The molecule has 0 unspecified atom stereocenters. The minimum absolute atomic E-state index is 0.0198. The Morgan fingerprint density at radius 2 is 2.30 bits per heavy atom. The second kappa shape index (κ2) is 7.73. The summed E-state index contributed by atoms with van der Waals surface area (Å²) in [6, 6.07) is 5.90. The van der Waals surface area contributed by atoms with Crippen LogP contribution in [0.3, 0.4) is 0 Å². The number of nitrogens with zero attached hydrogens (tertiary/aromatic N) is 5. The summed E-state index contributed by atoms with van der Waals surface area (Å²) >= 11 is 3.23. The van der Waals surface area contributed by atoms with E-state index >= 15 is 0 Å². The van der Waals surface area contributed by atoms with Crippen LogP contribution in [0.15, 0.2) is 29.7 Å². The lowest BCUT2D eigenvalue weighted by Gasteiger charge is -2.37. The number of fused-ring (bicyclic) bond motifs is 1. The zero-order chi connectivity index (χ0) is 18.8. The monoisotopic (exact) mass is 404 g/mol. The fourth-order valence-electron chi connectivity index (χ4n) is 2.82. The summed E-state index contributed by atoms with van der Waals surface area (Å²) in [7, 11) is 3.56. The van der Waals surface area contributed by atoms with Crippen LogP contribution in [0.4, 0.5) is 5.13 Å². The first-order valence-corrected chi connectivity index (χ1v) is 10.4. The lowest BCUT2D eigenvalue weighted by Crippen LogP contribution is -2.54. The van der Waals surface area contributed by atoms with Crippen molar-refractivity contribution in [2.24, 2.45) is 13.0 Å². The molecule has 3 aromatic rings. The number of anilines is 1. The summed E-state index contributed by atoms with van der Waals surface area (Å²) < 4.78 is 8.23. The van der Waals surface area contributed by atoms with Gasteiger partial charge in [0.05, 0.1) is 23.2 Å². The summed E-state index contributed by atoms with van der Waals surface area (Å²) in [5.74, 6) is 1.70. The van der Waals surface area contributed by atoms with Crippen LogP contribution in [-0.2, 0) is 11.8 Å². The van der Waals surface area contributed by atoms with Crippen LogP contribution in [0.1, 0.15) is 0 Å². The molecule has 0 spiro atoms. The predicted molar refractivity (Wildman–Crippen MR) is 107 cm³/mol. The van der Waals surface area contributed by atoms with Crippen molar-refractivity contribution in [3.8, 4) is 5.75 Å². The van der Waals surface area contributed by atoms with Crippen molar-refractivity contribution in [2.45, 2.75) is 5.16 Å². The molecule has 1 amide bonds. The quantitative estimate of drug-likeness (QED) is 0.474. The van der Waals surface area contributed by atoms with Crippen LogP contribution in [0.2, 0.25) is 0 Å². The summed E-state index contributed by atoms with van der Waals surface area (Å²) in [6.45, 7) is 2.03. The first-order chi connectivity index (χ1) is 13.1. The van der Waals surface area contributed by atoms with E-state index in [2.05, 4.69) is 25.4 Å². The number of carbonyl (C=O) groups is 1. The first-order valence-electron chi connectivity index (χ1n) is 8.58. The molecule has 8 nitrogen and oxygen atoms in total.